The summed E-state index contributed by atoms with van der Waals surface area (Å²) < 4.78 is 28.7. The van der Waals surface area contributed by atoms with Crippen LogP contribution in [0, 0.1) is 0 Å². The number of aryl methyl sites for hydroxylation is 1. The number of sulfonamides is 1. The van der Waals surface area contributed by atoms with Crippen LogP contribution in [-0.4, -0.2) is 36.2 Å². The minimum absolute atomic E-state index is 0.0429. The number of aliphatic hydroxyl groups is 1. The molecule has 1 aromatic heterocycles. The molecule has 2 aromatic rings. The minimum atomic E-state index is -3.66. The lowest BCUT2D eigenvalue weighted by atomic mass is 10.3. The van der Waals surface area contributed by atoms with Gasteiger partial charge in [-0.1, -0.05) is 12.1 Å². The number of hydrogen-bond donors (Lipinski definition) is 2. The number of aliphatic hydroxyl groups excluding tert-OH is 1. The Bertz CT molecular complexity index is 698. The number of hydrogen-bond acceptors (Lipinski definition) is 5. The van der Waals surface area contributed by atoms with Gasteiger partial charge in [0.1, 0.15) is 4.90 Å². The first-order chi connectivity index (χ1) is 10.1. The smallest absolute Gasteiger partial charge is 0.265 e. The SMILES string of the molecule is CSc1ccccc1NS(=O)(=O)c1cnn(CCCO)c1. The van der Waals surface area contributed by atoms with Crippen molar-refractivity contribution < 1.29 is 13.5 Å². The van der Waals surface area contributed by atoms with Crippen LogP contribution in [0.4, 0.5) is 5.69 Å². The largest absolute Gasteiger partial charge is 0.396 e. The van der Waals surface area contributed by atoms with E-state index in [-0.39, 0.29) is 11.5 Å². The van der Waals surface area contributed by atoms with Crippen LogP contribution < -0.4 is 4.72 Å². The Labute approximate surface area is 128 Å². The summed E-state index contributed by atoms with van der Waals surface area (Å²) in [5.41, 5.74) is 0.549. The van der Waals surface area contributed by atoms with E-state index in [1.807, 2.05) is 18.4 Å². The normalized spacial score (nSPS) is 11.5. The summed E-state index contributed by atoms with van der Waals surface area (Å²) in [7, 11) is -3.66. The van der Waals surface area contributed by atoms with E-state index in [9.17, 15) is 8.42 Å². The van der Waals surface area contributed by atoms with Crippen LogP contribution in [0.5, 0.6) is 0 Å². The lowest BCUT2D eigenvalue weighted by Gasteiger charge is -2.09. The van der Waals surface area contributed by atoms with E-state index in [0.717, 1.165) is 4.90 Å². The molecule has 1 heterocycles. The third kappa shape index (κ3) is 3.99. The summed E-state index contributed by atoms with van der Waals surface area (Å²) in [6.07, 6.45) is 5.19. The van der Waals surface area contributed by atoms with E-state index >= 15 is 0 Å². The Morgan fingerprint density at radius 1 is 1.38 bits per heavy atom. The van der Waals surface area contributed by atoms with Gasteiger partial charge in [-0.2, -0.15) is 5.10 Å². The molecular weight excluding hydrogens is 310 g/mol. The lowest BCUT2D eigenvalue weighted by Crippen LogP contribution is -2.13. The molecule has 0 radical (unpaired) electrons. The number of thioether (sulfide) groups is 1. The molecule has 114 valence electrons. The van der Waals surface area contributed by atoms with Crippen molar-refractivity contribution in [3.05, 3.63) is 36.7 Å². The van der Waals surface area contributed by atoms with E-state index in [1.54, 1.807) is 12.1 Å². The van der Waals surface area contributed by atoms with Crippen molar-refractivity contribution >= 4 is 27.5 Å². The van der Waals surface area contributed by atoms with Crippen LogP contribution in [0.2, 0.25) is 0 Å². The monoisotopic (exact) mass is 327 g/mol. The first kappa shape index (κ1) is 15.9. The fourth-order valence-electron chi connectivity index (χ4n) is 1.77. The Hall–Kier alpha value is -1.51. The maximum absolute atomic E-state index is 12.3. The number of nitrogens with one attached hydrogen (secondary N) is 1. The van der Waals surface area contributed by atoms with Crippen molar-refractivity contribution in [2.24, 2.45) is 0 Å². The van der Waals surface area contributed by atoms with Crippen LogP contribution in [-0.2, 0) is 16.6 Å². The summed E-state index contributed by atoms with van der Waals surface area (Å²) in [6.45, 7) is 0.523. The van der Waals surface area contributed by atoms with Gasteiger partial charge in [0.15, 0.2) is 0 Å². The maximum Gasteiger partial charge on any atom is 0.265 e. The molecule has 0 aliphatic carbocycles. The fourth-order valence-corrected chi connectivity index (χ4v) is 3.42. The highest BCUT2D eigenvalue weighted by molar-refractivity contribution is 7.99. The molecule has 0 saturated carbocycles. The van der Waals surface area contributed by atoms with Gasteiger partial charge in [0.05, 0.1) is 11.9 Å². The van der Waals surface area contributed by atoms with Crippen LogP contribution in [0.25, 0.3) is 0 Å². The number of benzene rings is 1. The van der Waals surface area contributed by atoms with Gasteiger partial charge >= 0.3 is 0 Å². The topological polar surface area (TPSA) is 84.2 Å². The molecule has 0 bridgehead atoms. The number of anilines is 1. The quantitative estimate of drug-likeness (QED) is 0.758. The van der Waals surface area contributed by atoms with Gasteiger partial charge < -0.3 is 5.11 Å². The summed E-state index contributed by atoms with van der Waals surface area (Å²) in [6, 6.07) is 7.21. The van der Waals surface area contributed by atoms with E-state index in [0.29, 0.717) is 18.7 Å². The van der Waals surface area contributed by atoms with Crippen molar-refractivity contribution in [1.29, 1.82) is 0 Å². The van der Waals surface area contributed by atoms with Gasteiger partial charge in [-0.25, -0.2) is 8.42 Å². The fraction of sp³-hybridized carbons (Fsp3) is 0.308. The molecule has 0 amide bonds. The Balaban J connectivity index is 2.20. The molecule has 0 unspecified atom stereocenters. The summed E-state index contributed by atoms with van der Waals surface area (Å²) in [4.78, 5) is 0.963. The molecule has 0 saturated heterocycles. The van der Waals surface area contributed by atoms with Gasteiger partial charge in [0.2, 0.25) is 0 Å². The third-order valence-electron chi connectivity index (χ3n) is 2.82. The third-order valence-corrected chi connectivity index (χ3v) is 4.93. The molecule has 2 N–H and O–H groups in total. The predicted molar refractivity (Wildman–Crippen MR) is 83.0 cm³/mol. The number of aromatic nitrogens is 2. The van der Waals surface area contributed by atoms with Crippen LogP contribution in [0.3, 0.4) is 0 Å². The second-order valence-electron chi connectivity index (χ2n) is 4.32. The average molecular weight is 327 g/mol. The van der Waals surface area contributed by atoms with Crippen molar-refractivity contribution in [1.82, 2.24) is 9.78 Å². The molecule has 8 heteroatoms. The van der Waals surface area contributed by atoms with Crippen molar-refractivity contribution in [3.63, 3.8) is 0 Å². The number of para-hydroxylation sites is 1. The van der Waals surface area contributed by atoms with E-state index in [4.69, 9.17) is 5.11 Å². The zero-order valence-corrected chi connectivity index (χ0v) is 13.2. The van der Waals surface area contributed by atoms with E-state index in [1.165, 1.54) is 28.8 Å². The highest BCUT2D eigenvalue weighted by Gasteiger charge is 2.17. The van der Waals surface area contributed by atoms with Crippen molar-refractivity contribution in [2.75, 3.05) is 17.6 Å². The molecule has 2 rings (SSSR count). The molecule has 6 nitrogen and oxygen atoms in total. The zero-order chi connectivity index (χ0) is 15.3. The molecule has 0 fully saturated rings. The zero-order valence-electron chi connectivity index (χ0n) is 11.6. The first-order valence-corrected chi connectivity index (χ1v) is 9.07. The predicted octanol–water partition coefficient (Wildman–Crippen LogP) is 1.79. The second-order valence-corrected chi connectivity index (χ2v) is 6.85. The van der Waals surface area contributed by atoms with Crippen LogP contribution in [0.1, 0.15) is 6.42 Å². The maximum atomic E-state index is 12.3. The highest BCUT2D eigenvalue weighted by Crippen LogP contribution is 2.26. The Morgan fingerprint density at radius 3 is 2.86 bits per heavy atom. The van der Waals surface area contributed by atoms with Gasteiger partial charge in [-0.15, -0.1) is 11.8 Å². The molecular formula is C13H17N3O3S2. The average Bonchev–Trinajstić information content (AvgIpc) is 2.95. The number of nitrogens with zero attached hydrogens (tertiary/aromatic N) is 2. The van der Waals surface area contributed by atoms with Crippen LogP contribution >= 0.6 is 11.8 Å². The highest BCUT2D eigenvalue weighted by atomic mass is 32.2. The molecule has 0 aliphatic rings. The minimum Gasteiger partial charge on any atom is -0.396 e. The molecule has 0 atom stereocenters. The van der Waals surface area contributed by atoms with Gasteiger partial charge in [0, 0.05) is 24.2 Å². The van der Waals surface area contributed by atoms with E-state index in [2.05, 4.69) is 9.82 Å². The second kappa shape index (κ2) is 6.97. The van der Waals surface area contributed by atoms with Crippen molar-refractivity contribution in [2.45, 2.75) is 22.8 Å². The van der Waals surface area contributed by atoms with Crippen LogP contribution in [0.15, 0.2) is 46.5 Å². The standard InChI is InChI=1S/C13H17N3O3S2/c1-20-13-6-3-2-5-12(13)15-21(18,19)11-9-14-16(10-11)7-4-8-17/h2-3,5-6,9-10,15,17H,4,7-8H2,1H3. The van der Waals surface area contributed by atoms with Crippen molar-refractivity contribution in [3.8, 4) is 0 Å². The van der Waals surface area contributed by atoms with Gasteiger partial charge in [-0.05, 0) is 24.8 Å². The van der Waals surface area contributed by atoms with Gasteiger partial charge in [0.25, 0.3) is 10.0 Å². The summed E-state index contributed by atoms with van der Waals surface area (Å²) in [5.74, 6) is 0. The first-order valence-electron chi connectivity index (χ1n) is 6.36. The summed E-state index contributed by atoms with van der Waals surface area (Å²) >= 11 is 1.47. The Morgan fingerprint density at radius 2 is 2.14 bits per heavy atom. The van der Waals surface area contributed by atoms with E-state index < -0.39 is 10.0 Å². The summed E-state index contributed by atoms with van der Waals surface area (Å²) in [5, 5.41) is 12.8. The molecule has 21 heavy (non-hydrogen) atoms. The lowest BCUT2D eigenvalue weighted by molar-refractivity contribution is 0.277. The van der Waals surface area contributed by atoms with Gasteiger partial charge in [-0.3, -0.25) is 9.40 Å². The molecule has 0 spiro atoms. The molecule has 0 aliphatic heterocycles. The Kier molecular flexibility index (Phi) is 5.27. The molecule has 1 aromatic carbocycles. The number of rotatable bonds is 7.